The van der Waals surface area contributed by atoms with Gasteiger partial charge >= 0.3 is 24.1 Å². The number of esters is 2. The molecular weight excluding hydrogens is 574 g/mol. The first-order valence-electron chi connectivity index (χ1n) is 14.6. The van der Waals surface area contributed by atoms with Gasteiger partial charge in [-0.3, -0.25) is 9.59 Å². The van der Waals surface area contributed by atoms with Gasteiger partial charge < -0.3 is 39.6 Å². The fourth-order valence-corrected chi connectivity index (χ4v) is 3.67. The Bertz CT molecular complexity index is 1080. The fourth-order valence-electron chi connectivity index (χ4n) is 3.67. The average Bonchev–Trinajstić information content (AvgIpc) is 2.87. The van der Waals surface area contributed by atoms with Crippen molar-refractivity contribution in [3.63, 3.8) is 0 Å². The minimum Gasteiger partial charge on any atom is -0.465 e. The van der Waals surface area contributed by atoms with Crippen LogP contribution in [0.1, 0.15) is 74.3 Å². The fraction of sp³-hybridized carbons (Fsp3) is 0.645. The molecule has 2 unspecified atom stereocenters. The molecule has 0 saturated carbocycles. The van der Waals surface area contributed by atoms with Crippen molar-refractivity contribution in [3.05, 3.63) is 35.9 Å². The third-order valence-electron chi connectivity index (χ3n) is 5.37. The molecule has 0 heterocycles. The SMILES string of the molecule is CCOC(=O)CNC(=O)C(OC(=O)[C@@H](CC(C)C)NC(=O)OC(C)(C)C)C(COCc1ccccc1)NC(=O)OC(C)(C)C. The van der Waals surface area contributed by atoms with Crippen molar-refractivity contribution in [2.45, 2.75) is 105 Å². The number of rotatable bonds is 15. The lowest BCUT2D eigenvalue weighted by molar-refractivity contribution is -0.161. The molecule has 3 amide bonds. The largest absolute Gasteiger partial charge is 0.465 e. The van der Waals surface area contributed by atoms with Gasteiger partial charge in [0.15, 0.2) is 0 Å². The molecular formula is C31H49N3O10. The van der Waals surface area contributed by atoms with E-state index >= 15 is 0 Å². The van der Waals surface area contributed by atoms with E-state index in [2.05, 4.69) is 16.0 Å². The Kier molecular flexibility index (Phi) is 15.7. The molecule has 3 N–H and O–H groups in total. The third kappa shape index (κ3) is 16.7. The van der Waals surface area contributed by atoms with Crippen molar-refractivity contribution in [1.29, 1.82) is 0 Å². The Hall–Kier alpha value is -3.87. The predicted molar refractivity (Wildman–Crippen MR) is 161 cm³/mol. The highest BCUT2D eigenvalue weighted by molar-refractivity contribution is 5.89. The van der Waals surface area contributed by atoms with Crippen LogP contribution in [0.3, 0.4) is 0 Å². The summed E-state index contributed by atoms with van der Waals surface area (Å²) in [5, 5.41) is 7.45. The van der Waals surface area contributed by atoms with E-state index in [1.54, 1.807) is 48.5 Å². The van der Waals surface area contributed by atoms with Gasteiger partial charge in [-0.25, -0.2) is 14.4 Å². The monoisotopic (exact) mass is 623 g/mol. The first-order chi connectivity index (χ1) is 20.4. The van der Waals surface area contributed by atoms with Crippen LogP contribution in [0.5, 0.6) is 0 Å². The van der Waals surface area contributed by atoms with Crippen LogP contribution in [-0.4, -0.2) is 79.2 Å². The second-order valence-corrected chi connectivity index (χ2v) is 12.5. The molecule has 0 bridgehead atoms. The van der Waals surface area contributed by atoms with Crippen LogP contribution in [0.15, 0.2) is 30.3 Å². The maximum Gasteiger partial charge on any atom is 0.408 e. The molecule has 0 aliphatic heterocycles. The maximum atomic E-state index is 13.5. The Labute approximate surface area is 260 Å². The number of hydrogen-bond donors (Lipinski definition) is 3. The van der Waals surface area contributed by atoms with E-state index in [0.29, 0.717) is 0 Å². The minimum atomic E-state index is -1.70. The lowest BCUT2D eigenvalue weighted by atomic mass is 10.0. The molecule has 1 aromatic carbocycles. The number of carbonyl (C=O) groups excluding carboxylic acids is 5. The van der Waals surface area contributed by atoms with Gasteiger partial charge in [0.1, 0.15) is 29.8 Å². The lowest BCUT2D eigenvalue weighted by Crippen LogP contribution is -2.57. The van der Waals surface area contributed by atoms with Crippen LogP contribution >= 0.6 is 0 Å². The predicted octanol–water partition coefficient (Wildman–Crippen LogP) is 3.63. The van der Waals surface area contributed by atoms with E-state index in [-0.39, 0.29) is 32.2 Å². The van der Waals surface area contributed by atoms with Crippen molar-refractivity contribution in [1.82, 2.24) is 16.0 Å². The van der Waals surface area contributed by atoms with Gasteiger partial charge in [-0.15, -0.1) is 0 Å². The van der Waals surface area contributed by atoms with Crippen molar-refractivity contribution >= 4 is 30.0 Å². The number of carbonyl (C=O) groups is 5. The molecule has 0 aliphatic carbocycles. The third-order valence-corrected chi connectivity index (χ3v) is 5.37. The van der Waals surface area contributed by atoms with Crippen LogP contribution in [0, 0.1) is 5.92 Å². The standard InChI is InChI=1S/C31H49N3O10/c1-10-41-24(35)17-32-26(36)25(42-27(37)22(16-20(2)3)33-28(38)43-30(4,5)6)23(34-29(39)44-31(7,8)9)19-40-18-21-14-12-11-13-15-21/h11-15,20,22-23,25H,10,16-19H2,1-9H3,(H,32,36)(H,33,38)(H,34,39)/t22-,23?,25?/m1/s1. The highest BCUT2D eigenvalue weighted by Crippen LogP contribution is 2.14. The topological polar surface area (TPSA) is 168 Å². The van der Waals surface area contributed by atoms with Crippen LogP contribution in [0.2, 0.25) is 0 Å². The van der Waals surface area contributed by atoms with Gasteiger partial charge in [-0.2, -0.15) is 0 Å². The van der Waals surface area contributed by atoms with Gasteiger partial charge in [0.25, 0.3) is 5.91 Å². The summed E-state index contributed by atoms with van der Waals surface area (Å²) in [4.78, 5) is 64.3. The summed E-state index contributed by atoms with van der Waals surface area (Å²) in [5.74, 6) is -2.65. The van der Waals surface area contributed by atoms with Crippen LogP contribution in [0.25, 0.3) is 0 Å². The van der Waals surface area contributed by atoms with Gasteiger partial charge in [0, 0.05) is 0 Å². The molecule has 13 nitrogen and oxygen atoms in total. The van der Waals surface area contributed by atoms with E-state index in [0.717, 1.165) is 5.56 Å². The summed E-state index contributed by atoms with van der Waals surface area (Å²) in [5.41, 5.74) is -0.885. The molecule has 1 aromatic rings. The number of nitrogens with one attached hydrogen (secondary N) is 3. The maximum absolute atomic E-state index is 13.5. The Morgan fingerprint density at radius 2 is 1.41 bits per heavy atom. The second-order valence-electron chi connectivity index (χ2n) is 12.5. The van der Waals surface area contributed by atoms with E-state index in [1.807, 2.05) is 44.2 Å². The van der Waals surface area contributed by atoms with Gasteiger partial charge in [0.2, 0.25) is 6.10 Å². The van der Waals surface area contributed by atoms with Gasteiger partial charge in [-0.1, -0.05) is 44.2 Å². The van der Waals surface area contributed by atoms with Crippen molar-refractivity contribution in [2.24, 2.45) is 5.92 Å². The van der Waals surface area contributed by atoms with Crippen LogP contribution in [0.4, 0.5) is 9.59 Å². The molecule has 0 aromatic heterocycles. The molecule has 0 radical (unpaired) electrons. The van der Waals surface area contributed by atoms with E-state index < -0.39 is 66.0 Å². The first kappa shape index (κ1) is 38.2. The molecule has 0 fully saturated rings. The smallest absolute Gasteiger partial charge is 0.408 e. The number of hydrogen-bond acceptors (Lipinski definition) is 10. The highest BCUT2D eigenvalue weighted by atomic mass is 16.6. The minimum absolute atomic E-state index is 0.0662. The Morgan fingerprint density at radius 3 is 1.93 bits per heavy atom. The summed E-state index contributed by atoms with van der Waals surface area (Å²) in [6, 6.07) is 6.71. The van der Waals surface area contributed by atoms with E-state index in [1.165, 1.54) is 0 Å². The zero-order valence-electron chi connectivity index (χ0n) is 27.3. The van der Waals surface area contributed by atoms with Crippen LogP contribution < -0.4 is 16.0 Å². The van der Waals surface area contributed by atoms with Crippen molar-refractivity contribution in [3.8, 4) is 0 Å². The Balaban J connectivity index is 3.35. The number of benzene rings is 1. The second kappa shape index (κ2) is 18.1. The summed E-state index contributed by atoms with van der Waals surface area (Å²) >= 11 is 0. The van der Waals surface area contributed by atoms with Gasteiger partial charge in [-0.05, 0) is 66.4 Å². The molecule has 0 spiro atoms. The number of alkyl carbamates (subject to hydrolysis) is 2. The van der Waals surface area contributed by atoms with Crippen molar-refractivity contribution in [2.75, 3.05) is 19.8 Å². The number of amides is 3. The Morgan fingerprint density at radius 1 is 0.841 bits per heavy atom. The summed E-state index contributed by atoms with van der Waals surface area (Å²) in [6.07, 6.45) is -3.28. The summed E-state index contributed by atoms with van der Waals surface area (Å²) in [6.45, 7) is 14.7. The molecule has 0 aliphatic rings. The molecule has 44 heavy (non-hydrogen) atoms. The average molecular weight is 624 g/mol. The lowest BCUT2D eigenvalue weighted by Gasteiger charge is -2.30. The first-order valence-corrected chi connectivity index (χ1v) is 14.6. The molecule has 0 saturated heterocycles. The van der Waals surface area contributed by atoms with Gasteiger partial charge in [0.05, 0.1) is 19.8 Å². The van der Waals surface area contributed by atoms with E-state index in [9.17, 15) is 24.0 Å². The molecule has 13 heteroatoms. The zero-order chi connectivity index (χ0) is 33.5. The van der Waals surface area contributed by atoms with Crippen molar-refractivity contribution < 1.29 is 47.7 Å². The zero-order valence-corrected chi connectivity index (χ0v) is 27.3. The van der Waals surface area contributed by atoms with Crippen LogP contribution in [-0.2, 0) is 44.7 Å². The molecule has 248 valence electrons. The molecule has 1 rings (SSSR count). The molecule has 3 atom stereocenters. The summed E-state index contributed by atoms with van der Waals surface area (Å²) in [7, 11) is 0. The quantitative estimate of drug-likeness (QED) is 0.194. The normalized spacial score (nSPS) is 13.6. The summed E-state index contributed by atoms with van der Waals surface area (Å²) < 4.78 is 27.0. The van der Waals surface area contributed by atoms with E-state index in [4.69, 9.17) is 23.7 Å². The highest BCUT2D eigenvalue weighted by Gasteiger charge is 2.37. The number of ether oxygens (including phenoxy) is 5.